The van der Waals surface area contributed by atoms with Gasteiger partial charge < -0.3 is 9.47 Å². The highest BCUT2D eigenvalue weighted by Crippen LogP contribution is 2.31. The molecule has 3 heterocycles. The van der Waals surface area contributed by atoms with Gasteiger partial charge in [-0.2, -0.15) is 5.10 Å². The first kappa shape index (κ1) is 23.1. The fraction of sp³-hybridized carbons (Fsp3) is 0.500. The maximum atomic E-state index is 13.1. The van der Waals surface area contributed by atoms with E-state index in [0.29, 0.717) is 60.1 Å². The molecule has 0 saturated carbocycles. The maximum absolute atomic E-state index is 13.1. The average Bonchev–Trinajstić information content (AvgIpc) is 3.23. The van der Waals surface area contributed by atoms with E-state index in [1.807, 2.05) is 6.92 Å². The van der Waals surface area contributed by atoms with Gasteiger partial charge in [-0.25, -0.2) is 4.98 Å². The number of nitrogens with one attached hydrogen (secondary N) is 1. The summed E-state index contributed by atoms with van der Waals surface area (Å²) in [5, 5.41) is 7.14. The number of carbonyl (C=O) groups is 1. The van der Waals surface area contributed by atoms with E-state index in [9.17, 15) is 9.59 Å². The van der Waals surface area contributed by atoms with Crippen LogP contribution in [0.15, 0.2) is 23.0 Å². The van der Waals surface area contributed by atoms with Crippen LogP contribution in [-0.2, 0) is 18.2 Å². The summed E-state index contributed by atoms with van der Waals surface area (Å²) in [6.07, 6.45) is 2.45. The normalized spacial score (nSPS) is 14.6. The van der Waals surface area contributed by atoms with Gasteiger partial charge in [0.1, 0.15) is 22.6 Å². The largest absolute Gasteiger partial charge is 0.493 e. The Bertz CT molecular complexity index is 1190. The van der Waals surface area contributed by atoms with Gasteiger partial charge in [0.05, 0.1) is 37.6 Å². The first-order chi connectivity index (χ1) is 16.0. The molecule has 0 spiro atoms. The molecule has 0 aliphatic carbocycles. The van der Waals surface area contributed by atoms with E-state index >= 15 is 0 Å². The fourth-order valence-electron chi connectivity index (χ4n) is 4.01. The van der Waals surface area contributed by atoms with Gasteiger partial charge in [0.2, 0.25) is 0 Å². The van der Waals surface area contributed by atoms with E-state index in [-0.39, 0.29) is 11.3 Å². The highest BCUT2D eigenvalue weighted by atomic mass is 16.5. The van der Waals surface area contributed by atoms with Crippen LogP contribution in [0.1, 0.15) is 42.7 Å². The van der Waals surface area contributed by atoms with Gasteiger partial charge in [-0.15, -0.1) is 0 Å². The topological polar surface area (TPSA) is 102 Å². The van der Waals surface area contributed by atoms with Crippen LogP contribution in [0.5, 0.6) is 5.75 Å². The summed E-state index contributed by atoms with van der Waals surface area (Å²) >= 11 is 0. The van der Waals surface area contributed by atoms with Crippen LogP contribution in [0.3, 0.4) is 0 Å². The van der Waals surface area contributed by atoms with Crippen LogP contribution in [0.4, 0.5) is 0 Å². The van der Waals surface area contributed by atoms with Gasteiger partial charge in [-0.3, -0.25) is 24.2 Å². The van der Waals surface area contributed by atoms with E-state index in [0.717, 1.165) is 38.0 Å². The number of morpholine rings is 1. The van der Waals surface area contributed by atoms with E-state index in [1.54, 1.807) is 25.2 Å². The molecule has 0 bridgehead atoms. The molecular weight excluding hydrogens is 422 g/mol. The third-order valence-electron chi connectivity index (χ3n) is 5.83. The van der Waals surface area contributed by atoms with Gasteiger partial charge in [0.25, 0.3) is 5.56 Å². The van der Waals surface area contributed by atoms with Gasteiger partial charge >= 0.3 is 0 Å². The second kappa shape index (κ2) is 10.3. The van der Waals surface area contributed by atoms with Crippen molar-refractivity contribution in [3.8, 4) is 17.1 Å². The molecule has 33 heavy (non-hydrogen) atoms. The number of hydrogen-bond acceptors (Lipinski definition) is 7. The Morgan fingerprint density at radius 2 is 2.00 bits per heavy atom. The molecule has 3 aromatic rings. The zero-order chi connectivity index (χ0) is 23.4. The molecule has 1 aromatic carbocycles. The summed E-state index contributed by atoms with van der Waals surface area (Å²) in [5.41, 5.74) is 2.71. The summed E-state index contributed by atoms with van der Waals surface area (Å²) in [6, 6.07) is 5.38. The van der Waals surface area contributed by atoms with Crippen molar-refractivity contribution in [1.29, 1.82) is 0 Å². The van der Waals surface area contributed by atoms with Crippen LogP contribution in [0.25, 0.3) is 22.4 Å². The Morgan fingerprint density at radius 3 is 2.73 bits per heavy atom. The molecule has 2 aromatic heterocycles. The maximum Gasteiger partial charge on any atom is 0.279 e. The second-order valence-electron chi connectivity index (χ2n) is 8.31. The number of rotatable bonds is 9. The number of aryl methyl sites for hydroxylation is 1. The summed E-state index contributed by atoms with van der Waals surface area (Å²) in [4.78, 5) is 33.0. The highest BCUT2D eigenvalue weighted by molar-refractivity contribution is 5.99. The Hall–Kier alpha value is -3.04. The van der Waals surface area contributed by atoms with E-state index in [4.69, 9.17) is 14.5 Å². The molecule has 4 rings (SSSR count). The Labute approximate surface area is 192 Å². The van der Waals surface area contributed by atoms with Crippen molar-refractivity contribution < 1.29 is 14.3 Å². The number of nitrogens with zero attached hydrogens (tertiary/aromatic N) is 4. The van der Waals surface area contributed by atoms with Crippen molar-refractivity contribution in [2.45, 2.75) is 33.1 Å². The molecule has 9 nitrogen and oxygen atoms in total. The number of ketones is 1. The lowest BCUT2D eigenvalue weighted by Gasteiger charge is -2.25. The van der Waals surface area contributed by atoms with Crippen LogP contribution in [-0.4, -0.2) is 69.9 Å². The lowest BCUT2D eigenvalue weighted by Crippen LogP contribution is -2.39. The van der Waals surface area contributed by atoms with Crippen molar-refractivity contribution >= 4 is 16.8 Å². The summed E-state index contributed by atoms with van der Waals surface area (Å²) in [6.45, 7) is 7.69. The monoisotopic (exact) mass is 453 g/mol. The number of hydrogen-bond donors (Lipinski definition) is 1. The predicted octanol–water partition coefficient (Wildman–Crippen LogP) is 2.58. The number of H-pyrrole nitrogens is 1. The zero-order valence-electron chi connectivity index (χ0n) is 19.5. The van der Waals surface area contributed by atoms with Gasteiger partial charge in [-0.05, 0) is 31.0 Å². The lowest BCUT2D eigenvalue weighted by atomic mass is 10.0. The van der Waals surface area contributed by atoms with Crippen LogP contribution in [0.2, 0.25) is 0 Å². The number of benzene rings is 1. The Balaban J connectivity index is 1.78. The number of Topliss-reactive ketones (excluding diaryl/α,β-unsaturated/α-hetero) is 1. The summed E-state index contributed by atoms with van der Waals surface area (Å²) in [5.74, 6) is 1.07. The zero-order valence-corrected chi connectivity index (χ0v) is 19.5. The summed E-state index contributed by atoms with van der Waals surface area (Å²) in [7, 11) is 1.68. The Morgan fingerprint density at radius 1 is 1.21 bits per heavy atom. The van der Waals surface area contributed by atoms with E-state index < -0.39 is 0 Å². The minimum Gasteiger partial charge on any atom is -0.493 e. The number of carbonyl (C=O) groups excluding carboxylic acids is 1. The molecular formula is C24H31N5O4. The molecule has 176 valence electrons. The van der Waals surface area contributed by atoms with Crippen LogP contribution < -0.4 is 10.3 Å². The third-order valence-corrected chi connectivity index (χ3v) is 5.83. The molecule has 0 amide bonds. The van der Waals surface area contributed by atoms with Crippen LogP contribution in [0, 0.1) is 0 Å². The smallest absolute Gasteiger partial charge is 0.279 e. The number of fused-ring (bicyclic) bond motifs is 1. The third kappa shape index (κ3) is 4.84. The first-order valence-corrected chi connectivity index (χ1v) is 11.6. The molecule has 1 aliphatic rings. The molecule has 1 fully saturated rings. The lowest BCUT2D eigenvalue weighted by molar-refractivity contribution is 0.0371. The molecule has 1 saturated heterocycles. The van der Waals surface area contributed by atoms with Crippen molar-refractivity contribution in [2.24, 2.45) is 7.05 Å². The quantitative estimate of drug-likeness (QED) is 0.497. The highest BCUT2D eigenvalue weighted by Gasteiger charge is 2.21. The van der Waals surface area contributed by atoms with Crippen LogP contribution >= 0.6 is 0 Å². The summed E-state index contributed by atoms with van der Waals surface area (Å²) < 4.78 is 12.8. The predicted molar refractivity (Wildman–Crippen MR) is 126 cm³/mol. The second-order valence-corrected chi connectivity index (χ2v) is 8.31. The van der Waals surface area contributed by atoms with E-state index in [2.05, 4.69) is 22.0 Å². The van der Waals surface area contributed by atoms with Gasteiger partial charge in [0, 0.05) is 25.7 Å². The van der Waals surface area contributed by atoms with Gasteiger partial charge in [-0.1, -0.05) is 20.3 Å². The minimum atomic E-state index is -0.212. The average molecular weight is 454 g/mol. The standard InChI is InChI=1S/C24H31N5O4/c1-4-6-18-21-22(27-26-18)24(31)28(3)23(25-21)17-14-16(7-8-20(17)33-11-5-2)19(30)15-29-9-12-32-13-10-29/h7-8,14H,4-6,9-13,15H2,1-3H3,(H,26,27). The minimum absolute atomic E-state index is 0.0150. The SMILES string of the molecule is CCCOc1ccc(C(=O)CN2CCOCC2)cc1-c1nc2c(CCC)n[nH]c2c(=O)n1C. The molecule has 1 N–H and O–H groups in total. The van der Waals surface area contributed by atoms with Gasteiger partial charge in [0.15, 0.2) is 5.78 Å². The van der Waals surface area contributed by atoms with E-state index in [1.165, 1.54) is 4.57 Å². The van der Waals surface area contributed by atoms with Crippen molar-refractivity contribution in [2.75, 3.05) is 39.5 Å². The number of aromatic amines is 1. The number of aromatic nitrogens is 4. The first-order valence-electron chi connectivity index (χ1n) is 11.6. The van der Waals surface area contributed by atoms with Crippen molar-refractivity contribution in [3.63, 3.8) is 0 Å². The fourth-order valence-corrected chi connectivity index (χ4v) is 4.01. The Kier molecular flexibility index (Phi) is 7.20. The van der Waals surface area contributed by atoms with Crippen molar-refractivity contribution in [1.82, 2.24) is 24.6 Å². The molecule has 0 radical (unpaired) electrons. The molecule has 0 atom stereocenters. The molecule has 9 heteroatoms. The van der Waals surface area contributed by atoms with Crippen molar-refractivity contribution in [3.05, 3.63) is 39.8 Å². The number of ether oxygens (including phenoxy) is 2. The molecule has 1 aliphatic heterocycles. The molecule has 0 unspecified atom stereocenters.